The summed E-state index contributed by atoms with van der Waals surface area (Å²) in [5.74, 6) is -0.820. The van der Waals surface area contributed by atoms with Crippen LogP contribution in [-0.4, -0.2) is 121 Å². The van der Waals surface area contributed by atoms with Gasteiger partial charge in [-0.2, -0.15) is 0 Å². The molecule has 5 fully saturated rings. The maximum Gasteiger partial charge on any atom is 0.333 e. The molecule has 0 aromatic rings. The van der Waals surface area contributed by atoms with Crippen LogP contribution in [0.1, 0.15) is 101 Å². The maximum atomic E-state index is 13.3. The summed E-state index contributed by atoms with van der Waals surface area (Å²) in [6, 6.07) is 0. The molecule has 0 unspecified atom stereocenters. The fourth-order valence-corrected chi connectivity index (χ4v) is 12.9. The van der Waals surface area contributed by atoms with E-state index in [-0.39, 0.29) is 22.7 Å². The predicted molar refractivity (Wildman–Crippen MR) is 194 cm³/mol. The zero-order valence-corrected chi connectivity index (χ0v) is 33.0. The van der Waals surface area contributed by atoms with Crippen molar-refractivity contribution in [1.29, 1.82) is 0 Å². The molecule has 0 aromatic heterocycles. The first-order chi connectivity index (χ1) is 24.5. The largest absolute Gasteiger partial charge is 0.456 e. The van der Waals surface area contributed by atoms with Gasteiger partial charge < -0.3 is 55.1 Å². The number of carbonyl (C=O) groups excluding carboxylic acids is 1. The Morgan fingerprint density at radius 2 is 1.55 bits per heavy atom. The molecule has 0 amide bonds. The number of esters is 1. The van der Waals surface area contributed by atoms with Crippen LogP contribution in [-0.2, 0) is 19.0 Å². The van der Waals surface area contributed by atoms with Crippen LogP contribution in [0, 0.1) is 50.2 Å². The van der Waals surface area contributed by atoms with Crippen molar-refractivity contribution in [3.8, 4) is 0 Å². The van der Waals surface area contributed by atoms with E-state index in [1.54, 1.807) is 19.9 Å². The van der Waals surface area contributed by atoms with Gasteiger partial charge in [-0.15, -0.1) is 0 Å². The Hall–Kier alpha value is -1.45. The molecule has 6 rings (SSSR count). The number of hydrogen-bond acceptors (Lipinski definition) is 12. The predicted octanol–water partition coefficient (Wildman–Crippen LogP) is 2.37. The van der Waals surface area contributed by atoms with Crippen molar-refractivity contribution < 1.29 is 59.9 Å². The van der Waals surface area contributed by atoms with Crippen molar-refractivity contribution in [2.45, 2.75) is 162 Å². The molecule has 4 saturated carbocycles. The minimum Gasteiger partial charge on any atom is -0.456 e. The Kier molecular flexibility index (Phi) is 10.6. The zero-order valence-electron chi connectivity index (χ0n) is 33.0. The Morgan fingerprint density at radius 1 is 0.887 bits per heavy atom. The highest BCUT2D eigenvalue weighted by Crippen LogP contribution is 2.76. The highest BCUT2D eigenvalue weighted by molar-refractivity contribution is 5.87. The smallest absolute Gasteiger partial charge is 0.333 e. The summed E-state index contributed by atoms with van der Waals surface area (Å²) < 4.78 is 17.9. The van der Waals surface area contributed by atoms with E-state index in [2.05, 4.69) is 40.7 Å². The van der Waals surface area contributed by atoms with Crippen LogP contribution >= 0.6 is 0 Å². The number of carbonyl (C=O) groups is 1. The average molecular weight is 751 g/mol. The summed E-state index contributed by atoms with van der Waals surface area (Å²) >= 11 is 0. The summed E-state index contributed by atoms with van der Waals surface area (Å²) in [6.45, 7) is 17.0. The summed E-state index contributed by atoms with van der Waals surface area (Å²) in [5, 5.41) is 91.0. The van der Waals surface area contributed by atoms with Gasteiger partial charge in [0.15, 0.2) is 6.29 Å². The summed E-state index contributed by atoms with van der Waals surface area (Å²) in [6.07, 6.45) is -5.93. The summed E-state index contributed by atoms with van der Waals surface area (Å²) in [4.78, 5) is 13.3. The summed E-state index contributed by atoms with van der Waals surface area (Å²) in [7, 11) is 0. The molecule has 1 aliphatic heterocycles. The van der Waals surface area contributed by atoms with Gasteiger partial charge in [0, 0.05) is 16.4 Å². The Morgan fingerprint density at radius 3 is 2.17 bits per heavy atom. The second-order valence-corrected chi connectivity index (χ2v) is 19.5. The van der Waals surface area contributed by atoms with E-state index in [1.165, 1.54) is 0 Å². The van der Waals surface area contributed by atoms with Gasteiger partial charge >= 0.3 is 5.97 Å². The van der Waals surface area contributed by atoms with Gasteiger partial charge in [-0.25, -0.2) is 4.79 Å². The van der Waals surface area contributed by atoms with Crippen LogP contribution in [0.2, 0.25) is 0 Å². The van der Waals surface area contributed by atoms with Crippen molar-refractivity contribution in [2.24, 2.45) is 50.2 Å². The van der Waals surface area contributed by atoms with Crippen molar-refractivity contribution in [3.05, 3.63) is 23.3 Å². The average Bonchev–Trinajstić information content (AvgIpc) is 3.10. The van der Waals surface area contributed by atoms with E-state index >= 15 is 0 Å². The van der Waals surface area contributed by atoms with Gasteiger partial charge in [0.25, 0.3) is 0 Å². The third kappa shape index (κ3) is 5.62. The van der Waals surface area contributed by atoms with Crippen molar-refractivity contribution in [3.63, 3.8) is 0 Å². The Balaban J connectivity index is 1.47. The summed E-state index contributed by atoms with van der Waals surface area (Å²) in [5.41, 5.74) is -3.09. The zero-order chi connectivity index (χ0) is 39.4. The fraction of sp³-hybridized carbons (Fsp3) is 0.878. The van der Waals surface area contributed by atoms with Gasteiger partial charge in [-0.3, -0.25) is 0 Å². The van der Waals surface area contributed by atoms with Crippen LogP contribution in [0.4, 0.5) is 0 Å². The van der Waals surface area contributed by atoms with E-state index in [0.29, 0.717) is 24.8 Å². The second-order valence-electron chi connectivity index (χ2n) is 19.5. The minimum absolute atomic E-state index is 0.132. The van der Waals surface area contributed by atoms with Crippen LogP contribution in [0.3, 0.4) is 0 Å². The number of allylic oxidation sites excluding steroid dienone is 2. The lowest BCUT2D eigenvalue weighted by Crippen LogP contribution is -2.76. The van der Waals surface area contributed by atoms with Crippen molar-refractivity contribution in [1.82, 2.24) is 0 Å². The lowest BCUT2D eigenvalue weighted by Gasteiger charge is -2.73. The quantitative estimate of drug-likeness (QED) is 0.112. The van der Waals surface area contributed by atoms with Gasteiger partial charge in [-0.1, -0.05) is 66.2 Å². The van der Waals surface area contributed by atoms with E-state index in [0.717, 1.165) is 24.8 Å². The van der Waals surface area contributed by atoms with Gasteiger partial charge in [0.1, 0.15) is 36.6 Å². The highest BCUT2D eigenvalue weighted by Gasteiger charge is 2.75. The van der Waals surface area contributed by atoms with Gasteiger partial charge in [0.2, 0.25) is 0 Å². The SMILES string of the molecule is CC=C(C)C(=O)O[C@H]1[C@H](O)[C@]2(CO[C@@H]3O[C@H](CO)[C@@H](O)[C@H](O)[C@H]3O)[C@H](O)[C@H](O)[C@]3(C)C(=CC[C@@H]4[C@@]5(C)CC[C@H](O)C(C)(C)[C@@H]5CC[C@]43C)[C@@H]2CC1(C)C. The van der Waals surface area contributed by atoms with Gasteiger partial charge in [-0.05, 0) is 86.4 Å². The minimum atomic E-state index is -1.73. The number of ether oxygens (including phenoxy) is 3. The molecule has 17 atom stereocenters. The first kappa shape index (κ1) is 41.2. The molecule has 1 heterocycles. The molecule has 302 valence electrons. The number of aliphatic hydroxyl groups is 8. The molecule has 12 nitrogen and oxygen atoms in total. The third-order valence-corrected chi connectivity index (χ3v) is 16.5. The van der Waals surface area contributed by atoms with E-state index in [4.69, 9.17) is 14.2 Å². The molecule has 12 heteroatoms. The Bertz CT molecular complexity index is 1470. The van der Waals surface area contributed by atoms with Crippen LogP contribution in [0.25, 0.3) is 0 Å². The van der Waals surface area contributed by atoms with Crippen molar-refractivity contribution in [2.75, 3.05) is 13.2 Å². The normalized spacial score (nSPS) is 51.9. The number of rotatable bonds is 6. The standard InChI is InChI=1S/C41H66O12/c1-10-20(2)34(50)53-33-32(49)41(19-51-35-29(46)28(45)27(44)23(18-42)52-35)22(17-36(33,3)4)21-11-12-25-38(7)15-14-26(43)37(5,6)24(38)13-16-39(25,8)40(21,9)30(47)31(41)48/h10-11,22-33,35,42-49H,12-19H2,1-9H3/t22-,23+,24-,25+,26-,27+,28-,29+,30-,31+,32-,33-,35+,38-,39+,40-,41-/m0/s1. The molecule has 53 heavy (non-hydrogen) atoms. The van der Waals surface area contributed by atoms with Crippen molar-refractivity contribution >= 4 is 5.97 Å². The van der Waals surface area contributed by atoms with E-state index in [1.807, 2.05) is 13.8 Å². The van der Waals surface area contributed by atoms with Crippen LogP contribution in [0.15, 0.2) is 23.3 Å². The topological polar surface area (TPSA) is 207 Å². The molecule has 0 bridgehead atoms. The molecule has 6 aliphatic rings. The molecule has 1 saturated heterocycles. The highest BCUT2D eigenvalue weighted by atomic mass is 16.7. The lowest BCUT2D eigenvalue weighted by molar-refractivity contribution is -0.333. The number of hydrogen-bond donors (Lipinski definition) is 8. The second kappa shape index (κ2) is 13.6. The number of aliphatic hydroxyl groups excluding tert-OH is 8. The molecule has 5 aliphatic carbocycles. The van der Waals surface area contributed by atoms with Gasteiger partial charge in [0.05, 0.1) is 36.9 Å². The first-order valence-corrected chi connectivity index (χ1v) is 19.7. The number of fused-ring (bicyclic) bond motifs is 7. The lowest BCUT2D eigenvalue weighted by atomic mass is 9.32. The molecule has 0 aromatic carbocycles. The van der Waals surface area contributed by atoms with Crippen LogP contribution < -0.4 is 0 Å². The molecular formula is C41H66O12. The van der Waals surface area contributed by atoms with E-state index < -0.39 is 108 Å². The third-order valence-electron chi connectivity index (χ3n) is 16.5. The monoisotopic (exact) mass is 750 g/mol. The molecule has 0 radical (unpaired) electrons. The maximum absolute atomic E-state index is 13.3. The van der Waals surface area contributed by atoms with Crippen LogP contribution in [0.5, 0.6) is 0 Å². The fourth-order valence-electron chi connectivity index (χ4n) is 12.9. The Labute approximate surface area is 314 Å². The molecule has 0 spiro atoms. The molecular weight excluding hydrogens is 684 g/mol. The van der Waals surface area contributed by atoms with E-state index in [9.17, 15) is 45.6 Å². The molecule has 8 N–H and O–H groups in total. The first-order valence-electron chi connectivity index (χ1n) is 19.7.